The zero-order valence-corrected chi connectivity index (χ0v) is 24.4. The molecule has 0 saturated carbocycles. The van der Waals surface area contributed by atoms with E-state index in [-0.39, 0.29) is 58.0 Å². The first-order valence-corrected chi connectivity index (χ1v) is 14.2. The lowest BCUT2D eigenvalue weighted by molar-refractivity contribution is 0.0841. The molecule has 0 fully saturated rings. The molecule has 3 unspecified atom stereocenters. The Hall–Kier alpha value is -5.31. The van der Waals surface area contributed by atoms with Crippen LogP contribution in [0.3, 0.4) is 0 Å². The van der Waals surface area contributed by atoms with Crippen molar-refractivity contribution in [3.05, 3.63) is 106 Å². The van der Waals surface area contributed by atoms with E-state index >= 15 is 0 Å². The van der Waals surface area contributed by atoms with Gasteiger partial charge < -0.3 is 39.7 Å². The number of benzene rings is 4. The third-order valence-corrected chi connectivity index (χ3v) is 8.08. The van der Waals surface area contributed by atoms with E-state index in [1.165, 1.54) is 43.5 Å². The maximum Gasteiger partial charge on any atom is 0.174 e. The maximum atomic E-state index is 13.9. The van der Waals surface area contributed by atoms with Crippen LogP contribution in [0.4, 0.5) is 0 Å². The van der Waals surface area contributed by atoms with Gasteiger partial charge in [0.1, 0.15) is 52.3 Å². The average Bonchev–Trinajstić information content (AvgIpc) is 3.38. The zero-order valence-electron chi connectivity index (χ0n) is 24.4. The fourth-order valence-electron chi connectivity index (χ4n) is 6.01. The summed E-state index contributed by atoms with van der Waals surface area (Å²) in [7, 11) is 1.43. The summed E-state index contributed by atoms with van der Waals surface area (Å²) < 4.78 is 18.4. The lowest BCUT2D eigenvalue weighted by Gasteiger charge is -2.29. The highest BCUT2D eigenvalue weighted by atomic mass is 16.5. The van der Waals surface area contributed by atoms with E-state index in [9.17, 15) is 30.3 Å². The van der Waals surface area contributed by atoms with Crippen molar-refractivity contribution in [2.45, 2.75) is 44.8 Å². The van der Waals surface area contributed by atoms with Crippen molar-refractivity contribution in [1.29, 1.82) is 0 Å². The van der Waals surface area contributed by atoms with Crippen LogP contribution in [0.15, 0.2) is 72.3 Å². The number of rotatable bonds is 6. The molecule has 0 saturated heterocycles. The van der Waals surface area contributed by atoms with Crippen LogP contribution in [0.2, 0.25) is 0 Å². The van der Waals surface area contributed by atoms with Gasteiger partial charge in [-0.3, -0.25) is 4.79 Å². The molecule has 226 valence electrons. The number of hydrogen-bond donors (Lipinski definition) is 5. The predicted octanol–water partition coefficient (Wildman–Crippen LogP) is 6.70. The second-order valence-corrected chi connectivity index (χ2v) is 11.3. The number of Topliss-reactive ketones (excluding diaryl/α,β-unsaturated/α-hetero) is 1. The molecule has 6 rings (SSSR count). The summed E-state index contributed by atoms with van der Waals surface area (Å²) in [5.74, 6) is -0.927. The van der Waals surface area contributed by atoms with Gasteiger partial charge in [-0.15, -0.1) is 0 Å². The molecule has 9 heteroatoms. The van der Waals surface area contributed by atoms with Crippen molar-refractivity contribution in [3.8, 4) is 46.0 Å². The highest BCUT2D eigenvalue weighted by molar-refractivity contribution is 6.04. The van der Waals surface area contributed by atoms with Crippen LogP contribution in [-0.2, 0) is 6.42 Å². The van der Waals surface area contributed by atoms with Gasteiger partial charge in [-0.2, -0.15) is 0 Å². The molecular weight excluding hydrogens is 564 g/mol. The number of carbonyl (C=O) groups excluding carboxylic acids is 1. The van der Waals surface area contributed by atoms with Gasteiger partial charge in [-0.1, -0.05) is 29.8 Å². The fourth-order valence-corrected chi connectivity index (χ4v) is 6.01. The van der Waals surface area contributed by atoms with Crippen LogP contribution in [-0.4, -0.2) is 38.4 Å². The third-order valence-electron chi connectivity index (χ3n) is 8.08. The van der Waals surface area contributed by atoms with Crippen molar-refractivity contribution in [1.82, 2.24) is 0 Å². The molecule has 2 aliphatic heterocycles. The first-order valence-electron chi connectivity index (χ1n) is 14.2. The number of ketones is 1. The molecule has 2 heterocycles. The Kier molecular flexibility index (Phi) is 7.25. The number of hydrogen-bond acceptors (Lipinski definition) is 9. The van der Waals surface area contributed by atoms with Crippen molar-refractivity contribution in [2.75, 3.05) is 7.11 Å². The van der Waals surface area contributed by atoms with Crippen LogP contribution in [0, 0.1) is 0 Å². The van der Waals surface area contributed by atoms with Gasteiger partial charge in [0.15, 0.2) is 17.3 Å². The summed E-state index contributed by atoms with van der Waals surface area (Å²) >= 11 is 0. The molecule has 0 amide bonds. The number of allylic oxidation sites excluding steroid dienone is 2. The minimum atomic E-state index is -0.751. The van der Waals surface area contributed by atoms with Crippen LogP contribution in [0.25, 0.3) is 0 Å². The van der Waals surface area contributed by atoms with Gasteiger partial charge in [-0.25, -0.2) is 0 Å². The van der Waals surface area contributed by atoms with Crippen LogP contribution in [0.1, 0.15) is 76.6 Å². The minimum Gasteiger partial charge on any atom is -0.508 e. The molecule has 0 spiro atoms. The van der Waals surface area contributed by atoms with Gasteiger partial charge >= 0.3 is 0 Å². The summed E-state index contributed by atoms with van der Waals surface area (Å²) in [6, 6.07) is 15.4. The van der Waals surface area contributed by atoms with Gasteiger partial charge in [0.25, 0.3) is 0 Å². The predicted molar refractivity (Wildman–Crippen MR) is 161 cm³/mol. The van der Waals surface area contributed by atoms with E-state index in [0.717, 1.165) is 5.57 Å². The summed E-state index contributed by atoms with van der Waals surface area (Å²) in [4.78, 5) is 13.9. The van der Waals surface area contributed by atoms with Crippen molar-refractivity contribution in [2.24, 2.45) is 0 Å². The molecule has 0 aliphatic carbocycles. The van der Waals surface area contributed by atoms with Gasteiger partial charge in [0, 0.05) is 17.2 Å². The zero-order chi connectivity index (χ0) is 31.3. The Labute approximate surface area is 253 Å². The summed E-state index contributed by atoms with van der Waals surface area (Å²) in [5.41, 5.74) is 3.69. The number of methoxy groups -OCH3 is 1. The maximum absolute atomic E-state index is 13.9. The van der Waals surface area contributed by atoms with Gasteiger partial charge in [-0.05, 0) is 73.4 Å². The summed E-state index contributed by atoms with van der Waals surface area (Å²) in [5, 5.41) is 52.7. The monoisotopic (exact) mass is 596 g/mol. The van der Waals surface area contributed by atoms with E-state index in [4.69, 9.17) is 14.2 Å². The number of phenols is 5. The molecule has 4 aromatic carbocycles. The quantitative estimate of drug-likeness (QED) is 0.153. The van der Waals surface area contributed by atoms with E-state index < -0.39 is 18.1 Å². The molecule has 3 atom stereocenters. The van der Waals surface area contributed by atoms with Gasteiger partial charge in [0.2, 0.25) is 0 Å². The molecule has 0 radical (unpaired) electrons. The van der Waals surface area contributed by atoms with Crippen LogP contribution in [0.5, 0.6) is 46.0 Å². The summed E-state index contributed by atoms with van der Waals surface area (Å²) in [6.45, 7) is 3.89. The fraction of sp³-hybridized carbons (Fsp3) is 0.229. The lowest BCUT2D eigenvalue weighted by atomic mass is 9.81. The first-order chi connectivity index (χ1) is 21.0. The Morgan fingerprint density at radius 1 is 0.841 bits per heavy atom. The number of phenolic OH excluding ortho intramolecular Hbond substituents is 5. The molecule has 44 heavy (non-hydrogen) atoms. The smallest absolute Gasteiger partial charge is 0.174 e. The van der Waals surface area contributed by atoms with Crippen LogP contribution < -0.4 is 14.2 Å². The molecule has 2 aliphatic rings. The third kappa shape index (κ3) is 5.00. The number of carbonyl (C=O) groups is 1. The molecule has 0 bridgehead atoms. The van der Waals surface area contributed by atoms with Crippen molar-refractivity contribution < 1.29 is 44.5 Å². The van der Waals surface area contributed by atoms with Crippen molar-refractivity contribution >= 4 is 5.78 Å². The molecule has 5 N–H and O–H groups in total. The molecule has 9 nitrogen and oxygen atoms in total. The largest absolute Gasteiger partial charge is 0.508 e. The Balaban J connectivity index is 1.58. The highest BCUT2D eigenvalue weighted by Crippen LogP contribution is 2.60. The Morgan fingerprint density at radius 3 is 2.18 bits per heavy atom. The lowest BCUT2D eigenvalue weighted by Crippen LogP contribution is -2.22. The SMILES string of the molecule is COc1cc(C2CC(=O)c3c(O)c4c(c(CC=C(C)C)c3O2)OC(c2ccc(O)cc2)C4c2cc(O)cc(O)c2)ccc1O. The van der Waals surface area contributed by atoms with E-state index in [0.29, 0.717) is 40.0 Å². The number of ether oxygens (including phenoxy) is 3. The minimum absolute atomic E-state index is 0.0345. The molecular formula is C35H32O9. The average molecular weight is 597 g/mol. The number of aromatic hydroxyl groups is 5. The normalized spacial score (nSPS) is 18.5. The second-order valence-electron chi connectivity index (χ2n) is 11.3. The van der Waals surface area contributed by atoms with E-state index in [2.05, 4.69) is 0 Å². The number of fused-ring (bicyclic) bond motifs is 2. The van der Waals surface area contributed by atoms with E-state index in [1.54, 1.807) is 24.3 Å². The Morgan fingerprint density at radius 2 is 1.52 bits per heavy atom. The topological polar surface area (TPSA) is 146 Å². The van der Waals surface area contributed by atoms with Crippen LogP contribution >= 0.6 is 0 Å². The second kappa shape index (κ2) is 11.1. The van der Waals surface area contributed by atoms with E-state index in [1.807, 2.05) is 19.9 Å². The van der Waals surface area contributed by atoms with Gasteiger partial charge in [0.05, 0.1) is 19.4 Å². The highest BCUT2D eigenvalue weighted by Gasteiger charge is 2.45. The first kappa shape index (κ1) is 28.8. The molecule has 4 aromatic rings. The Bertz CT molecular complexity index is 1780. The van der Waals surface area contributed by atoms with Crippen molar-refractivity contribution in [3.63, 3.8) is 0 Å². The summed E-state index contributed by atoms with van der Waals surface area (Å²) in [6.07, 6.45) is 0.752. The molecule has 0 aromatic heterocycles. The standard InChI is InChI=1S/C35H32O9/c1-17(2)4-10-24-34-30(26(40)16-27(43-34)19-7-11-25(39)28(14-19)42-3)32(41)31-29(20-12-22(37)15-23(38)13-20)33(44-35(24)31)18-5-8-21(36)9-6-18/h4-9,11-15,27,29,33,36-39,41H,10,16H2,1-3H3.